The molecule has 0 aliphatic carbocycles. The van der Waals surface area contributed by atoms with E-state index in [9.17, 15) is 0 Å². The number of benzene rings is 3. The molecular formula is C29H43N3Y3-2. The van der Waals surface area contributed by atoms with Crippen LogP contribution in [0.3, 0.4) is 0 Å². The molecular weight excluding hydrogens is 657 g/mol. The van der Waals surface area contributed by atoms with E-state index in [1.807, 2.05) is 64.1 Å². The van der Waals surface area contributed by atoms with Gasteiger partial charge in [-0.3, -0.25) is 0 Å². The molecule has 4 aromatic rings. The molecule has 35 heavy (non-hydrogen) atoms. The van der Waals surface area contributed by atoms with Crippen LogP contribution in [-0.4, -0.2) is 10.2 Å². The van der Waals surface area contributed by atoms with Crippen LogP contribution in [0.25, 0.3) is 33.3 Å². The van der Waals surface area contributed by atoms with Gasteiger partial charge >= 0.3 is 0 Å². The van der Waals surface area contributed by atoms with Crippen molar-refractivity contribution in [3.63, 3.8) is 0 Å². The number of hydrogen-bond donors (Lipinski definition) is 0. The van der Waals surface area contributed by atoms with Crippen LogP contribution in [0.4, 0.5) is 0 Å². The average molecular weight is 700 g/mol. The van der Waals surface area contributed by atoms with Gasteiger partial charge in [0.1, 0.15) is 0 Å². The summed E-state index contributed by atoms with van der Waals surface area (Å²) in [5.41, 5.74) is 6.09. The van der Waals surface area contributed by atoms with Gasteiger partial charge in [-0.15, -0.1) is 0 Å². The summed E-state index contributed by atoms with van der Waals surface area (Å²) in [6.07, 6.45) is 2.50. The summed E-state index contributed by atoms with van der Waals surface area (Å²) in [7, 11) is 0. The largest absolute Gasteiger partial charge is 0.492 e. The van der Waals surface area contributed by atoms with Crippen LogP contribution in [-0.2, 0) is 98.1 Å². The zero-order valence-electron chi connectivity index (χ0n) is 23.4. The van der Waals surface area contributed by atoms with E-state index in [1.165, 1.54) is 12.8 Å². The summed E-state index contributed by atoms with van der Waals surface area (Å²) < 4.78 is 0. The predicted molar refractivity (Wildman–Crippen MR) is 145 cm³/mol. The molecule has 3 radical (unpaired) electrons. The Balaban J connectivity index is -0.000000190. The van der Waals surface area contributed by atoms with Crippen LogP contribution >= 0.6 is 0 Å². The second kappa shape index (κ2) is 30.6. The first-order chi connectivity index (χ1) is 15.3. The van der Waals surface area contributed by atoms with Gasteiger partial charge in [0.2, 0.25) is 0 Å². The van der Waals surface area contributed by atoms with E-state index in [1.54, 1.807) is 0 Å². The van der Waals surface area contributed by atoms with Gasteiger partial charge < -0.3 is 22.8 Å². The van der Waals surface area contributed by atoms with Crippen LogP contribution in [0, 0.1) is 7.43 Å². The smallest absolute Gasteiger partial charge is 0.0751 e. The third-order valence-electron chi connectivity index (χ3n) is 3.61. The van der Waals surface area contributed by atoms with Crippen molar-refractivity contribution in [2.75, 3.05) is 0 Å². The van der Waals surface area contributed by atoms with E-state index in [2.05, 4.69) is 79.5 Å². The Hall–Kier alpha value is 0.372. The molecule has 0 bridgehead atoms. The van der Waals surface area contributed by atoms with Gasteiger partial charge in [-0.05, 0) is 11.1 Å². The third-order valence-corrected chi connectivity index (χ3v) is 3.61. The van der Waals surface area contributed by atoms with Crippen molar-refractivity contribution in [2.45, 2.75) is 68.2 Å². The Morgan fingerprint density at radius 1 is 0.514 bits per heavy atom. The van der Waals surface area contributed by atoms with Crippen molar-refractivity contribution in [1.29, 1.82) is 0 Å². The van der Waals surface area contributed by atoms with Gasteiger partial charge in [-0.1, -0.05) is 141 Å². The van der Waals surface area contributed by atoms with Gasteiger partial charge in [0.05, 0.1) is 11.0 Å². The molecule has 0 atom stereocenters. The Morgan fingerprint density at radius 2 is 0.771 bits per heavy atom. The molecule has 185 valence electrons. The summed E-state index contributed by atoms with van der Waals surface area (Å²) in [5.74, 6) is 0. The standard InChI is InChI=1S/C18H12N3.2C3H8.2C2H6.CH3.3Y/c1-3-7-13(8-4-1)15-11-12-16(14-9-5-2-6-10-14)18-17(15)19-21-20-18;2*1-3-2;2*1-2;;;;/h1-12H;2*3H2,1-2H3;2*1-2H3;1H3;;;/q-1;;;;;-1;;;. The Morgan fingerprint density at radius 3 is 1.03 bits per heavy atom. The molecule has 4 rings (SSSR count). The molecule has 0 fully saturated rings. The fraction of sp³-hybridized carbons (Fsp3) is 0.345. The molecule has 0 aliphatic heterocycles. The van der Waals surface area contributed by atoms with Gasteiger partial charge in [-0.25, -0.2) is 0 Å². The van der Waals surface area contributed by atoms with Gasteiger partial charge in [0, 0.05) is 109 Å². The first-order valence-corrected chi connectivity index (χ1v) is 11.7. The quantitative estimate of drug-likeness (QED) is 0.196. The number of fused-ring (bicyclic) bond motifs is 1. The van der Waals surface area contributed by atoms with Gasteiger partial charge in [-0.2, -0.15) is 0 Å². The van der Waals surface area contributed by atoms with E-state index in [0.717, 1.165) is 33.3 Å². The summed E-state index contributed by atoms with van der Waals surface area (Å²) in [5, 5.41) is 12.3. The Bertz CT molecular complexity index is 852. The molecule has 3 aromatic carbocycles. The monoisotopic (exact) mass is 700 g/mol. The molecule has 6 heteroatoms. The molecule has 3 nitrogen and oxygen atoms in total. The average Bonchev–Trinajstić information content (AvgIpc) is 3.33. The third kappa shape index (κ3) is 16.1. The van der Waals surface area contributed by atoms with Gasteiger partial charge in [0.25, 0.3) is 0 Å². The predicted octanol–water partition coefficient (Wildman–Crippen LogP) is 9.25. The van der Waals surface area contributed by atoms with Crippen LogP contribution in [0.5, 0.6) is 0 Å². The molecule has 1 heterocycles. The summed E-state index contributed by atoms with van der Waals surface area (Å²) in [6.45, 7) is 16.5. The van der Waals surface area contributed by atoms with Crippen molar-refractivity contribution < 1.29 is 98.1 Å². The minimum Gasteiger partial charge on any atom is -0.492 e. The maximum atomic E-state index is 4.22. The van der Waals surface area contributed by atoms with E-state index in [0.29, 0.717) is 0 Å². The zero-order valence-corrected chi connectivity index (χ0v) is 31.9. The molecule has 0 amide bonds. The van der Waals surface area contributed by atoms with E-state index >= 15 is 0 Å². The Kier molecular flexibility index (Phi) is 39.6. The van der Waals surface area contributed by atoms with Crippen LogP contribution in [0.2, 0.25) is 0 Å². The first kappa shape index (κ1) is 45.3. The first-order valence-electron chi connectivity index (χ1n) is 11.7. The molecule has 1 aromatic heterocycles. The summed E-state index contributed by atoms with van der Waals surface area (Å²) in [4.78, 5) is 0. The van der Waals surface area contributed by atoms with E-state index in [4.69, 9.17) is 0 Å². The molecule has 0 saturated carbocycles. The second-order valence-electron chi connectivity index (χ2n) is 6.29. The normalized spacial score (nSPS) is 7.89. The minimum atomic E-state index is 0. The number of rotatable bonds is 2. The maximum absolute atomic E-state index is 4.22. The summed E-state index contributed by atoms with van der Waals surface area (Å²) >= 11 is 0. The van der Waals surface area contributed by atoms with Crippen LogP contribution in [0.15, 0.2) is 72.8 Å². The maximum Gasteiger partial charge on any atom is 0.0751 e. The minimum absolute atomic E-state index is 0. The van der Waals surface area contributed by atoms with Crippen molar-refractivity contribution in [3.8, 4) is 22.3 Å². The molecule has 0 spiro atoms. The van der Waals surface area contributed by atoms with Crippen molar-refractivity contribution in [1.82, 2.24) is 15.4 Å². The van der Waals surface area contributed by atoms with Crippen molar-refractivity contribution in [2.24, 2.45) is 0 Å². The van der Waals surface area contributed by atoms with Crippen molar-refractivity contribution >= 4 is 11.0 Å². The summed E-state index contributed by atoms with van der Waals surface area (Å²) in [6, 6.07) is 24.6. The van der Waals surface area contributed by atoms with E-state index in [-0.39, 0.29) is 106 Å². The zero-order chi connectivity index (χ0) is 23.5. The fourth-order valence-electron chi connectivity index (χ4n) is 2.60. The number of hydrogen-bond acceptors (Lipinski definition) is 2. The Labute approximate surface area is 291 Å². The molecule has 0 saturated heterocycles. The van der Waals surface area contributed by atoms with Gasteiger partial charge in [0.15, 0.2) is 0 Å². The molecule has 0 aliphatic rings. The number of nitrogens with zero attached hydrogens (tertiary/aromatic N) is 3. The van der Waals surface area contributed by atoms with Crippen LogP contribution < -0.4 is 5.21 Å². The van der Waals surface area contributed by atoms with Crippen molar-refractivity contribution in [3.05, 3.63) is 80.2 Å². The molecule has 0 N–H and O–H groups in total. The second-order valence-corrected chi connectivity index (χ2v) is 6.29. The fourth-order valence-corrected chi connectivity index (χ4v) is 2.60. The number of aromatic nitrogens is 3. The molecule has 0 unspecified atom stereocenters. The SMILES string of the molecule is CC.CC.CCC.CCC.[CH3-].[Y].[Y].[Y].c1ccc(-c2ccc(-c3ccccc3)c3n[n-]nc23)cc1. The topological polar surface area (TPSA) is 39.9 Å². The van der Waals surface area contributed by atoms with E-state index < -0.39 is 0 Å². The van der Waals surface area contributed by atoms with Crippen LogP contribution in [0.1, 0.15) is 68.2 Å².